The molecule has 0 bridgehead atoms. The van der Waals surface area contributed by atoms with E-state index in [2.05, 4.69) is 0 Å². The van der Waals surface area contributed by atoms with Crippen LogP contribution in [0.5, 0.6) is 0 Å². The molecule has 1 aliphatic heterocycles. The molecule has 1 heterocycles. The lowest BCUT2D eigenvalue weighted by molar-refractivity contribution is 0.0734. The maximum absolute atomic E-state index is 13.4. The van der Waals surface area contributed by atoms with Gasteiger partial charge in [0.15, 0.2) is 0 Å². The van der Waals surface area contributed by atoms with Gasteiger partial charge in [0.1, 0.15) is 6.17 Å². The van der Waals surface area contributed by atoms with E-state index in [1.165, 1.54) is 0 Å². The van der Waals surface area contributed by atoms with Gasteiger partial charge in [0, 0.05) is 25.0 Å². The molecule has 1 N–H and O–H groups in total. The Bertz CT molecular complexity index is 343. The van der Waals surface area contributed by atoms with Gasteiger partial charge in [-0.1, -0.05) is 30.3 Å². The topological polar surface area (TPSA) is 23.5 Å². The zero-order valence-electron chi connectivity index (χ0n) is 9.56. The molecule has 1 aliphatic rings. The van der Waals surface area contributed by atoms with Gasteiger partial charge in [-0.2, -0.15) is 0 Å². The van der Waals surface area contributed by atoms with Crippen molar-refractivity contribution < 1.29 is 9.50 Å². The summed E-state index contributed by atoms with van der Waals surface area (Å²) in [7, 11) is 0. The first-order valence-corrected chi connectivity index (χ1v) is 5.68. The molecule has 0 amide bonds. The number of likely N-dealkylation sites (tertiary alicyclic amines) is 1. The van der Waals surface area contributed by atoms with E-state index in [4.69, 9.17) is 0 Å². The molecule has 3 heteroatoms. The van der Waals surface area contributed by atoms with E-state index < -0.39 is 11.7 Å². The van der Waals surface area contributed by atoms with E-state index in [-0.39, 0.29) is 6.61 Å². The number of nitrogens with zero attached hydrogens (tertiary/aromatic N) is 1. The summed E-state index contributed by atoms with van der Waals surface area (Å²) in [6.45, 7) is 3.07. The van der Waals surface area contributed by atoms with Crippen molar-refractivity contribution in [2.45, 2.75) is 31.6 Å². The van der Waals surface area contributed by atoms with Gasteiger partial charge >= 0.3 is 0 Å². The number of rotatable bonds is 3. The molecule has 1 unspecified atom stereocenters. The summed E-state index contributed by atoms with van der Waals surface area (Å²) in [5.41, 5.74) is 0.756. The van der Waals surface area contributed by atoms with Gasteiger partial charge in [-0.3, -0.25) is 4.90 Å². The number of halogens is 1. The van der Waals surface area contributed by atoms with Crippen molar-refractivity contribution in [1.82, 2.24) is 4.90 Å². The first-order valence-electron chi connectivity index (χ1n) is 5.68. The Morgan fingerprint density at radius 2 is 2.12 bits per heavy atom. The molecule has 16 heavy (non-hydrogen) atoms. The number of aliphatic hydroxyl groups is 1. The van der Waals surface area contributed by atoms with E-state index in [1.807, 2.05) is 42.2 Å². The predicted octanol–water partition coefficient (Wildman–Crippen LogP) is 1.98. The van der Waals surface area contributed by atoms with Crippen molar-refractivity contribution >= 4 is 0 Å². The van der Waals surface area contributed by atoms with Crippen LogP contribution in [0, 0.1) is 0 Å². The normalized spacial score (nSPS) is 30.8. The number of benzene rings is 1. The smallest absolute Gasteiger partial charge is 0.115 e. The van der Waals surface area contributed by atoms with Crippen LogP contribution in [0.3, 0.4) is 0 Å². The van der Waals surface area contributed by atoms with Crippen LogP contribution in [0.1, 0.15) is 18.9 Å². The van der Waals surface area contributed by atoms with Crippen LogP contribution >= 0.6 is 0 Å². The van der Waals surface area contributed by atoms with E-state index >= 15 is 0 Å². The third-order valence-electron chi connectivity index (χ3n) is 3.40. The Morgan fingerprint density at radius 1 is 1.44 bits per heavy atom. The lowest BCUT2D eigenvalue weighted by Crippen LogP contribution is -2.43. The summed E-state index contributed by atoms with van der Waals surface area (Å²) in [5.74, 6) is 0. The van der Waals surface area contributed by atoms with Crippen LogP contribution < -0.4 is 0 Å². The van der Waals surface area contributed by atoms with Crippen LogP contribution in [-0.2, 0) is 6.54 Å². The lowest BCUT2D eigenvalue weighted by atomic mass is 9.99. The van der Waals surface area contributed by atoms with Gasteiger partial charge in [-0.05, 0) is 12.5 Å². The van der Waals surface area contributed by atoms with Crippen molar-refractivity contribution in [2.75, 3.05) is 13.2 Å². The fourth-order valence-electron chi connectivity index (χ4n) is 2.35. The number of hydrogen-bond acceptors (Lipinski definition) is 2. The molecule has 1 aromatic carbocycles. The van der Waals surface area contributed by atoms with Gasteiger partial charge < -0.3 is 5.11 Å². The van der Waals surface area contributed by atoms with E-state index in [1.54, 1.807) is 0 Å². The second-order valence-electron chi connectivity index (χ2n) is 4.82. The summed E-state index contributed by atoms with van der Waals surface area (Å²) < 4.78 is 13.4. The van der Waals surface area contributed by atoms with Gasteiger partial charge in [0.25, 0.3) is 0 Å². The van der Waals surface area contributed by atoms with Crippen LogP contribution in [0.25, 0.3) is 0 Å². The molecule has 0 aromatic heterocycles. The fraction of sp³-hybridized carbons (Fsp3) is 0.538. The molecule has 88 valence electrons. The van der Waals surface area contributed by atoms with E-state index in [9.17, 15) is 9.50 Å². The molecule has 0 aliphatic carbocycles. The Hall–Kier alpha value is -0.930. The molecule has 0 saturated carbocycles. The van der Waals surface area contributed by atoms with Crippen LogP contribution in [0.2, 0.25) is 0 Å². The Kier molecular flexibility index (Phi) is 3.26. The second-order valence-corrected chi connectivity index (χ2v) is 4.82. The van der Waals surface area contributed by atoms with Crippen molar-refractivity contribution in [2.24, 2.45) is 0 Å². The maximum atomic E-state index is 13.4. The zero-order valence-corrected chi connectivity index (χ0v) is 9.56. The minimum atomic E-state index is -0.819. The molecule has 2 atom stereocenters. The average Bonchev–Trinajstić information content (AvgIpc) is 2.56. The summed E-state index contributed by atoms with van der Waals surface area (Å²) in [4.78, 5) is 2.03. The molecule has 1 fully saturated rings. The minimum Gasteiger partial charge on any atom is -0.394 e. The monoisotopic (exact) mass is 223 g/mol. The molecular formula is C13H18FNO. The number of alkyl halides is 1. The Morgan fingerprint density at radius 3 is 2.75 bits per heavy atom. The highest BCUT2D eigenvalue weighted by molar-refractivity contribution is 5.15. The maximum Gasteiger partial charge on any atom is 0.115 e. The van der Waals surface area contributed by atoms with Crippen LogP contribution in [-0.4, -0.2) is 34.9 Å². The third-order valence-corrected chi connectivity index (χ3v) is 3.40. The lowest BCUT2D eigenvalue weighted by Gasteiger charge is -2.33. The highest BCUT2D eigenvalue weighted by Crippen LogP contribution is 2.31. The molecule has 1 aromatic rings. The molecule has 2 rings (SSSR count). The highest BCUT2D eigenvalue weighted by atomic mass is 19.1. The summed E-state index contributed by atoms with van der Waals surface area (Å²) in [6, 6.07) is 9.99. The molecule has 2 nitrogen and oxygen atoms in total. The van der Waals surface area contributed by atoms with E-state index in [0.717, 1.165) is 5.56 Å². The largest absolute Gasteiger partial charge is 0.394 e. The standard InChI is InChI=1S/C13H18FNO/c1-13(10-16)7-12(14)9-15(13)8-11-5-3-2-4-6-11/h2-6,12,16H,7-10H2,1H3/t12-,13?/m0/s1. The third kappa shape index (κ3) is 2.25. The molecule has 0 radical (unpaired) electrons. The number of aliphatic hydroxyl groups excluding tert-OH is 1. The van der Waals surface area contributed by atoms with Crippen LogP contribution in [0.15, 0.2) is 30.3 Å². The van der Waals surface area contributed by atoms with Crippen molar-refractivity contribution in [1.29, 1.82) is 0 Å². The van der Waals surface area contributed by atoms with Gasteiger partial charge in [-0.15, -0.1) is 0 Å². The van der Waals surface area contributed by atoms with Crippen molar-refractivity contribution in [3.8, 4) is 0 Å². The van der Waals surface area contributed by atoms with Gasteiger partial charge in [0.2, 0.25) is 0 Å². The number of hydrogen-bond donors (Lipinski definition) is 1. The van der Waals surface area contributed by atoms with Crippen LogP contribution in [0.4, 0.5) is 4.39 Å². The zero-order chi connectivity index (χ0) is 11.6. The van der Waals surface area contributed by atoms with Gasteiger partial charge in [0.05, 0.1) is 6.61 Å². The van der Waals surface area contributed by atoms with Crippen molar-refractivity contribution in [3.63, 3.8) is 0 Å². The summed E-state index contributed by atoms with van der Waals surface area (Å²) in [6.07, 6.45) is -0.392. The Balaban J connectivity index is 2.09. The second kappa shape index (κ2) is 4.52. The predicted molar refractivity (Wildman–Crippen MR) is 61.9 cm³/mol. The fourth-order valence-corrected chi connectivity index (χ4v) is 2.35. The first-order chi connectivity index (χ1) is 7.64. The Labute approximate surface area is 95.7 Å². The molecule has 0 spiro atoms. The molecular weight excluding hydrogens is 205 g/mol. The SMILES string of the molecule is CC1(CO)C[C@H](F)CN1Cc1ccccc1. The van der Waals surface area contributed by atoms with Gasteiger partial charge in [-0.25, -0.2) is 4.39 Å². The summed E-state index contributed by atoms with van der Waals surface area (Å²) >= 11 is 0. The highest BCUT2D eigenvalue weighted by Gasteiger charge is 2.41. The van der Waals surface area contributed by atoms with Crippen molar-refractivity contribution in [3.05, 3.63) is 35.9 Å². The average molecular weight is 223 g/mol. The summed E-state index contributed by atoms with van der Waals surface area (Å²) in [5, 5.41) is 9.38. The van der Waals surface area contributed by atoms with E-state index in [0.29, 0.717) is 19.5 Å². The molecule has 1 saturated heterocycles. The quantitative estimate of drug-likeness (QED) is 0.847. The first kappa shape index (κ1) is 11.6. The minimum absolute atomic E-state index is 0.0141.